The predicted octanol–water partition coefficient (Wildman–Crippen LogP) is 4.66. The van der Waals surface area contributed by atoms with Crippen LogP contribution in [0, 0.1) is 6.92 Å². The Morgan fingerprint density at radius 1 is 1.00 bits per heavy atom. The Hall–Kier alpha value is -3.67. The summed E-state index contributed by atoms with van der Waals surface area (Å²) in [6, 6.07) is 18.9. The maximum atomic E-state index is 12.6. The molecule has 134 valence electrons. The van der Waals surface area contributed by atoms with Crippen LogP contribution >= 0.6 is 0 Å². The number of benzene rings is 2. The summed E-state index contributed by atoms with van der Waals surface area (Å²) >= 11 is 0. The normalized spacial score (nSPS) is 10.7. The van der Waals surface area contributed by atoms with E-state index in [-0.39, 0.29) is 6.61 Å². The van der Waals surface area contributed by atoms with Gasteiger partial charge in [-0.25, -0.2) is 9.78 Å². The molecule has 6 heteroatoms. The van der Waals surface area contributed by atoms with Crippen molar-refractivity contribution in [3.8, 4) is 22.7 Å². The summed E-state index contributed by atoms with van der Waals surface area (Å²) < 4.78 is 16.1. The third-order valence-electron chi connectivity index (χ3n) is 4.04. The van der Waals surface area contributed by atoms with Crippen molar-refractivity contribution in [2.45, 2.75) is 13.5 Å². The minimum Gasteiger partial charge on any atom is -0.455 e. The zero-order valence-electron chi connectivity index (χ0n) is 14.6. The van der Waals surface area contributed by atoms with Crippen LogP contribution in [0.1, 0.15) is 21.8 Å². The number of carbonyl (C=O) groups excluding carboxylic acids is 1. The first kappa shape index (κ1) is 16.8. The molecule has 0 saturated carbocycles. The van der Waals surface area contributed by atoms with Gasteiger partial charge in [-0.15, -0.1) is 0 Å². The van der Waals surface area contributed by atoms with Gasteiger partial charge >= 0.3 is 5.97 Å². The van der Waals surface area contributed by atoms with Crippen molar-refractivity contribution in [2.75, 3.05) is 0 Å². The first-order valence-electron chi connectivity index (χ1n) is 8.41. The molecule has 2 heterocycles. The van der Waals surface area contributed by atoms with Gasteiger partial charge in [0.25, 0.3) is 0 Å². The molecule has 0 atom stereocenters. The van der Waals surface area contributed by atoms with Crippen LogP contribution in [0.5, 0.6) is 0 Å². The van der Waals surface area contributed by atoms with Gasteiger partial charge in [-0.3, -0.25) is 0 Å². The van der Waals surface area contributed by atoms with E-state index in [9.17, 15) is 4.79 Å². The average Bonchev–Trinajstić information content (AvgIpc) is 3.34. The Labute approximate surface area is 155 Å². The van der Waals surface area contributed by atoms with E-state index in [4.69, 9.17) is 13.7 Å². The van der Waals surface area contributed by atoms with E-state index in [2.05, 4.69) is 10.1 Å². The number of oxazole rings is 1. The molecule has 27 heavy (non-hydrogen) atoms. The molecule has 0 radical (unpaired) electrons. The number of ether oxygens (including phenoxy) is 1. The van der Waals surface area contributed by atoms with Crippen LogP contribution in [-0.2, 0) is 11.3 Å². The summed E-state index contributed by atoms with van der Waals surface area (Å²) in [6.45, 7) is 1.67. The van der Waals surface area contributed by atoms with Crippen LogP contribution < -0.4 is 0 Å². The summed E-state index contributed by atoms with van der Waals surface area (Å²) in [7, 11) is 0. The first-order valence-corrected chi connectivity index (χ1v) is 8.41. The molecule has 0 spiro atoms. The van der Waals surface area contributed by atoms with E-state index in [1.807, 2.05) is 60.7 Å². The third kappa shape index (κ3) is 3.50. The van der Waals surface area contributed by atoms with E-state index in [0.717, 1.165) is 11.1 Å². The number of rotatable bonds is 5. The van der Waals surface area contributed by atoms with Crippen LogP contribution in [0.3, 0.4) is 0 Å². The third-order valence-corrected chi connectivity index (χ3v) is 4.04. The van der Waals surface area contributed by atoms with Crippen LogP contribution in [0.25, 0.3) is 22.7 Å². The van der Waals surface area contributed by atoms with Crippen molar-refractivity contribution >= 4 is 5.97 Å². The topological polar surface area (TPSA) is 78.4 Å². The van der Waals surface area contributed by atoms with Crippen molar-refractivity contribution in [3.63, 3.8) is 0 Å². The largest absolute Gasteiger partial charge is 0.455 e. The maximum absolute atomic E-state index is 12.6. The number of hydrogen-bond acceptors (Lipinski definition) is 6. The van der Waals surface area contributed by atoms with Gasteiger partial charge in [-0.2, -0.15) is 0 Å². The number of esters is 1. The molecule has 0 fully saturated rings. The van der Waals surface area contributed by atoms with Gasteiger partial charge in [-0.05, 0) is 19.1 Å². The smallest absolute Gasteiger partial charge is 0.344 e. The molecule has 0 N–H and O–H groups in total. The van der Waals surface area contributed by atoms with Gasteiger partial charge in [0.1, 0.15) is 35.6 Å². The number of hydrogen-bond donors (Lipinski definition) is 0. The summed E-state index contributed by atoms with van der Waals surface area (Å²) in [5.41, 5.74) is 2.94. The van der Waals surface area contributed by atoms with Crippen molar-refractivity contribution in [2.24, 2.45) is 0 Å². The fourth-order valence-corrected chi connectivity index (χ4v) is 2.70. The highest BCUT2D eigenvalue weighted by molar-refractivity contribution is 5.97. The predicted molar refractivity (Wildman–Crippen MR) is 97.7 cm³/mol. The molecule has 6 nitrogen and oxygen atoms in total. The molecule has 2 aromatic heterocycles. The van der Waals surface area contributed by atoms with Crippen molar-refractivity contribution < 1.29 is 18.5 Å². The summed E-state index contributed by atoms with van der Waals surface area (Å²) in [5, 5.41) is 4.00. The van der Waals surface area contributed by atoms with E-state index in [0.29, 0.717) is 28.6 Å². The van der Waals surface area contributed by atoms with Gasteiger partial charge in [0.2, 0.25) is 5.89 Å². The van der Waals surface area contributed by atoms with Gasteiger partial charge in [0.15, 0.2) is 0 Å². The van der Waals surface area contributed by atoms with Crippen LogP contribution in [-0.4, -0.2) is 16.1 Å². The van der Waals surface area contributed by atoms with E-state index in [1.54, 1.807) is 6.92 Å². The zero-order valence-corrected chi connectivity index (χ0v) is 14.6. The quantitative estimate of drug-likeness (QED) is 0.482. The molecule has 2 aromatic carbocycles. The maximum Gasteiger partial charge on any atom is 0.344 e. The lowest BCUT2D eigenvalue weighted by Crippen LogP contribution is -2.07. The second kappa shape index (κ2) is 7.29. The summed E-state index contributed by atoms with van der Waals surface area (Å²) in [4.78, 5) is 16.9. The van der Waals surface area contributed by atoms with E-state index < -0.39 is 5.97 Å². The number of aromatic nitrogens is 2. The molecule has 0 aliphatic rings. The highest BCUT2D eigenvalue weighted by Crippen LogP contribution is 2.26. The highest BCUT2D eigenvalue weighted by Gasteiger charge is 2.23. The van der Waals surface area contributed by atoms with Crippen LogP contribution in [0.4, 0.5) is 0 Å². The van der Waals surface area contributed by atoms with Crippen LogP contribution in [0.2, 0.25) is 0 Å². The lowest BCUT2D eigenvalue weighted by molar-refractivity contribution is 0.0466. The highest BCUT2D eigenvalue weighted by atomic mass is 16.5. The van der Waals surface area contributed by atoms with Crippen molar-refractivity contribution in [1.82, 2.24) is 10.1 Å². The standard InChI is InChI=1S/C21H16N2O4/c1-14-18(19(23-27-14)15-8-4-2-5-9-15)21(24)26-13-17-12-25-20(22-17)16-10-6-3-7-11-16/h2-12H,13H2,1H3. The minimum absolute atomic E-state index is 0.00594. The minimum atomic E-state index is -0.517. The monoisotopic (exact) mass is 360 g/mol. The number of carbonyl (C=O) groups is 1. The fraction of sp³-hybridized carbons (Fsp3) is 0.0952. The van der Waals surface area contributed by atoms with Crippen molar-refractivity contribution in [1.29, 1.82) is 0 Å². The zero-order chi connectivity index (χ0) is 18.6. The van der Waals surface area contributed by atoms with Gasteiger partial charge in [-0.1, -0.05) is 53.7 Å². The average molecular weight is 360 g/mol. The van der Waals surface area contributed by atoms with E-state index in [1.165, 1.54) is 6.26 Å². The molecule has 0 amide bonds. The lowest BCUT2D eigenvalue weighted by Gasteiger charge is -2.03. The number of aryl methyl sites for hydroxylation is 1. The Balaban J connectivity index is 1.50. The molecular formula is C21H16N2O4. The molecule has 0 bridgehead atoms. The molecule has 4 aromatic rings. The van der Waals surface area contributed by atoms with E-state index >= 15 is 0 Å². The molecular weight excluding hydrogens is 344 g/mol. The summed E-state index contributed by atoms with van der Waals surface area (Å²) in [6.07, 6.45) is 1.48. The van der Waals surface area contributed by atoms with Crippen LogP contribution in [0.15, 0.2) is 75.9 Å². The lowest BCUT2D eigenvalue weighted by atomic mass is 10.1. The van der Waals surface area contributed by atoms with Gasteiger partial charge < -0.3 is 13.7 Å². The number of nitrogens with zero attached hydrogens (tertiary/aromatic N) is 2. The second-order valence-electron chi connectivity index (χ2n) is 5.91. The van der Waals surface area contributed by atoms with Crippen molar-refractivity contribution in [3.05, 3.63) is 83.9 Å². The Kier molecular flexibility index (Phi) is 4.53. The molecule has 0 aliphatic carbocycles. The first-order chi connectivity index (χ1) is 13.2. The Morgan fingerprint density at radius 3 is 2.37 bits per heavy atom. The summed E-state index contributed by atoms with van der Waals surface area (Å²) in [5.74, 6) is 0.369. The molecule has 0 unspecified atom stereocenters. The molecule has 0 aliphatic heterocycles. The fourth-order valence-electron chi connectivity index (χ4n) is 2.70. The Morgan fingerprint density at radius 2 is 1.67 bits per heavy atom. The van der Waals surface area contributed by atoms with Gasteiger partial charge in [0.05, 0.1) is 0 Å². The van der Waals surface area contributed by atoms with Gasteiger partial charge in [0, 0.05) is 11.1 Å². The SMILES string of the molecule is Cc1onc(-c2ccccc2)c1C(=O)OCc1coc(-c2ccccc2)n1. The second-order valence-corrected chi connectivity index (χ2v) is 5.91. The Bertz CT molecular complexity index is 1050. The molecule has 4 rings (SSSR count). The molecule has 0 saturated heterocycles.